The van der Waals surface area contributed by atoms with Crippen molar-refractivity contribution in [2.75, 3.05) is 0 Å². The van der Waals surface area contributed by atoms with Gasteiger partial charge in [0.1, 0.15) is 29.2 Å². The molecule has 0 spiro atoms. The van der Waals surface area contributed by atoms with Crippen molar-refractivity contribution >= 4 is 17.8 Å². The van der Waals surface area contributed by atoms with E-state index in [0.717, 1.165) is 17.8 Å². The number of nitriles is 2. The highest BCUT2D eigenvalue weighted by molar-refractivity contribution is 7.99. The van der Waals surface area contributed by atoms with Crippen molar-refractivity contribution in [3.05, 3.63) is 65.6 Å². The van der Waals surface area contributed by atoms with Crippen LogP contribution >= 0.6 is 11.8 Å². The van der Waals surface area contributed by atoms with E-state index in [1.807, 2.05) is 0 Å². The molecule has 0 atom stereocenters. The largest absolute Gasteiger partial charge is 0.450 e. The van der Waals surface area contributed by atoms with E-state index < -0.39 is 11.9 Å². The smallest absolute Gasteiger partial charge is 0.433 e. The van der Waals surface area contributed by atoms with E-state index in [1.165, 1.54) is 18.2 Å². The number of rotatable bonds is 4. The summed E-state index contributed by atoms with van der Waals surface area (Å²) in [6, 6.07) is 15.7. The summed E-state index contributed by atoms with van der Waals surface area (Å²) in [6.07, 6.45) is -3.40. The van der Waals surface area contributed by atoms with Crippen molar-refractivity contribution in [1.82, 2.24) is 9.97 Å². The van der Waals surface area contributed by atoms with Crippen molar-refractivity contribution in [1.29, 1.82) is 10.5 Å². The topological polar surface area (TPSA) is 86.5 Å². The van der Waals surface area contributed by atoms with Gasteiger partial charge in [-0.25, -0.2) is 9.97 Å². The van der Waals surface area contributed by atoms with Gasteiger partial charge in [-0.15, -0.1) is 0 Å². The number of halogens is 3. The van der Waals surface area contributed by atoms with Crippen molar-refractivity contribution in [3.8, 4) is 23.4 Å². The molecule has 0 amide bonds. The molecule has 0 bridgehead atoms. The summed E-state index contributed by atoms with van der Waals surface area (Å²) in [5, 5.41) is 17.6. The van der Waals surface area contributed by atoms with Crippen LogP contribution in [0.4, 0.5) is 13.2 Å². The van der Waals surface area contributed by atoms with Gasteiger partial charge in [0.15, 0.2) is 10.2 Å². The lowest BCUT2D eigenvalue weighted by Gasteiger charge is -2.09. The lowest BCUT2D eigenvalue weighted by Crippen LogP contribution is -2.10. The van der Waals surface area contributed by atoms with Crippen LogP contribution in [0, 0.1) is 22.7 Å². The van der Waals surface area contributed by atoms with Crippen LogP contribution in [-0.2, 0) is 6.18 Å². The van der Waals surface area contributed by atoms with Crippen molar-refractivity contribution in [2.45, 2.75) is 16.4 Å². The monoisotopic (exact) mass is 398 g/mol. The van der Waals surface area contributed by atoms with E-state index in [9.17, 15) is 13.2 Å². The summed E-state index contributed by atoms with van der Waals surface area (Å²) in [7, 11) is 0. The standard InChI is InChI=1S/C19H9F3N4OS/c20-19(21,22)16-9-15(13-4-2-1-3-5-13)25-18(26-16)28-17-7-6-14(27-17)8-12(10-23)11-24/h1-9H. The van der Waals surface area contributed by atoms with Crippen LogP contribution in [0.2, 0.25) is 0 Å². The molecule has 138 valence electrons. The fraction of sp³-hybridized carbons (Fsp3) is 0.0526. The molecule has 0 saturated carbocycles. The highest BCUT2D eigenvalue weighted by Gasteiger charge is 2.34. The minimum Gasteiger partial charge on any atom is -0.450 e. The molecule has 0 fully saturated rings. The Labute approximate surface area is 161 Å². The molecular formula is C19H9F3N4OS. The maximum atomic E-state index is 13.2. The summed E-state index contributed by atoms with van der Waals surface area (Å²) in [6.45, 7) is 0. The minimum absolute atomic E-state index is 0.133. The van der Waals surface area contributed by atoms with E-state index in [0.29, 0.717) is 5.56 Å². The third-order valence-electron chi connectivity index (χ3n) is 3.39. The highest BCUT2D eigenvalue weighted by atomic mass is 32.2. The molecular weight excluding hydrogens is 389 g/mol. The molecule has 2 aromatic heterocycles. The summed E-state index contributed by atoms with van der Waals surface area (Å²) in [5.74, 6) is 0.218. The summed E-state index contributed by atoms with van der Waals surface area (Å²) >= 11 is 0.806. The average molecular weight is 398 g/mol. The second-order valence-corrected chi connectivity index (χ2v) is 6.30. The lowest BCUT2D eigenvalue weighted by atomic mass is 10.1. The van der Waals surface area contributed by atoms with Crippen LogP contribution in [0.25, 0.3) is 17.3 Å². The molecule has 0 aliphatic carbocycles. The molecule has 0 unspecified atom stereocenters. The second kappa shape index (κ2) is 7.99. The lowest BCUT2D eigenvalue weighted by molar-refractivity contribution is -0.141. The zero-order valence-corrected chi connectivity index (χ0v) is 14.8. The molecule has 3 rings (SSSR count). The number of benzene rings is 1. The molecule has 2 heterocycles. The van der Waals surface area contributed by atoms with E-state index in [1.54, 1.807) is 42.5 Å². The van der Waals surface area contributed by atoms with Gasteiger partial charge in [0.05, 0.1) is 5.69 Å². The molecule has 5 nitrogen and oxygen atoms in total. The normalized spacial score (nSPS) is 10.8. The van der Waals surface area contributed by atoms with E-state index in [4.69, 9.17) is 14.9 Å². The van der Waals surface area contributed by atoms with Crippen molar-refractivity contribution in [3.63, 3.8) is 0 Å². The Morgan fingerprint density at radius 3 is 2.39 bits per heavy atom. The summed E-state index contributed by atoms with van der Waals surface area (Å²) in [5.41, 5.74) is -0.569. The maximum absolute atomic E-state index is 13.2. The third kappa shape index (κ3) is 4.58. The first-order valence-electron chi connectivity index (χ1n) is 7.70. The van der Waals surface area contributed by atoms with Gasteiger partial charge in [-0.3, -0.25) is 0 Å². The van der Waals surface area contributed by atoms with Gasteiger partial charge < -0.3 is 4.42 Å². The van der Waals surface area contributed by atoms with Gasteiger partial charge in [0, 0.05) is 11.6 Å². The molecule has 0 N–H and O–H groups in total. The molecule has 1 aromatic carbocycles. The third-order valence-corrected chi connectivity index (χ3v) is 4.17. The SMILES string of the molecule is N#CC(C#N)=Cc1ccc(Sc2nc(-c3ccccc3)cc(C(F)(F)F)n2)o1. The van der Waals surface area contributed by atoms with E-state index in [2.05, 4.69) is 9.97 Å². The Hall–Kier alpha value is -3.56. The molecule has 0 aliphatic heterocycles. The van der Waals surface area contributed by atoms with Gasteiger partial charge in [-0.05, 0) is 30.0 Å². The molecule has 0 saturated heterocycles. The number of furan rings is 1. The first kappa shape index (κ1) is 19.2. The van der Waals surface area contributed by atoms with Gasteiger partial charge in [-0.2, -0.15) is 23.7 Å². The zero-order chi connectivity index (χ0) is 20.1. The fourth-order valence-electron chi connectivity index (χ4n) is 2.16. The number of nitrogens with zero attached hydrogens (tertiary/aromatic N) is 4. The summed E-state index contributed by atoms with van der Waals surface area (Å²) in [4.78, 5) is 7.76. The van der Waals surface area contributed by atoms with Gasteiger partial charge in [0.2, 0.25) is 0 Å². The Morgan fingerprint density at radius 1 is 1.04 bits per heavy atom. The fourth-order valence-corrected chi connectivity index (χ4v) is 2.90. The Morgan fingerprint density at radius 2 is 1.75 bits per heavy atom. The Bertz CT molecular complexity index is 1090. The molecule has 0 radical (unpaired) electrons. The average Bonchev–Trinajstić information content (AvgIpc) is 3.12. The van der Waals surface area contributed by atoms with E-state index in [-0.39, 0.29) is 27.3 Å². The number of allylic oxidation sites excluding steroid dienone is 1. The quantitative estimate of drug-likeness (QED) is 0.436. The first-order chi connectivity index (χ1) is 13.4. The van der Waals surface area contributed by atoms with Gasteiger partial charge in [0.25, 0.3) is 0 Å². The van der Waals surface area contributed by atoms with Crippen LogP contribution in [0.5, 0.6) is 0 Å². The van der Waals surface area contributed by atoms with Gasteiger partial charge >= 0.3 is 6.18 Å². The number of hydrogen-bond donors (Lipinski definition) is 0. The van der Waals surface area contributed by atoms with Crippen molar-refractivity contribution in [2.24, 2.45) is 0 Å². The van der Waals surface area contributed by atoms with Crippen LogP contribution in [-0.4, -0.2) is 9.97 Å². The Balaban J connectivity index is 1.96. The first-order valence-corrected chi connectivity index (χ1v) is 8.52. The maximum Gasteiger partial charge on any atom is 0.433 e. The Kier molecular flexibility index (Phi) is 5.48. The van der Waals surface area contributed by atoms with Crippen LogP contribution in [0.3, 0.4) is 0 Å². The van der Waals surface area contributed by atoms with Crippen molar-refractivity contribution < 1.29 is 17.6 Å². The van der Waals surface area contributed by atoms with Crippen LogP contribution in [0.15, 0.2) is 68.8 Å². The minimum atomic E-state index is -4.63. The number of alkyl halides is 3. The van der Waals surface area contributed by atoms with Crippen LogP contribution in [0.1, 0.15) is 11.5 Å². The summed E-state index contributed by atoms with van der Waals surface area (Å²) < 4.78 is 45.1. The number of hydrogen-bond acceptors (Lipinski definition) is 6. The predicted octanol–water partition coefficient (Wildman–Crippen LogP) is 5.34. The number of aromatic nitrogens is 2. The molecule has 0 aliphatic rings. The van der Waals surface area contributed by atoms with E-state index >= 15 is 0 Å². The van der Waals surface area contributed by atoms with Gasteiger partial charge in [-0.1, -0.05) is 30.3 Å². The zero-order valence-electron chi connectivity index (χ0n) is 13.9. The second-order valence-electron chi connectivity index (χ2n) is 5.33. The van der Waals surface area contributed by atoms with Crippen LogP contribution < -0.4 is 0 Å². The highest BCUT2D eigenvalue weighted by Crippen LogP contribution is 2.34. The molecule has 28 heavy (non-hydrogen) atoms. The molecule has 3 aromatic rings. The molecule has 9 heteroatoms. The predicted molar refractivity (Wildman–Crippen MR) is 94.5 cm³/mol.